The highest BCUT2D eigenvalue weighted by Crippen LogP contribution is 2.43. The summed E-state index contributed by atoms with van der Waals surface area (Å²) in [6, 6.07) is 12.9. The highest BCUT2D eigenvalue weighted by atomic mass is 19.1. The SMILES string of the molecule is C=C(NCc1ccc(F)cc1F)C1=CN2CC3CCC(C)N3C(=C)C2=C(C)C1=C.CCCCCCCCCCCCCC(=O)NCc1ccccc1CC. The predicted molar refractivity (Wildman–Crippen MR) is 221 cm³/mol. The van der Waals surface area contributed by atoms with Crippen molar-refractivity contribution in [3.05, 3.63) is 131 Å². The average molecular weight is 741 g/mol. The number of fused-ring (bicyclic) bond motifs is 2. The first-order valence-corrected chi connectivity index (χ1v) is 20.6. The molecule has 2 unspecified atom stereocenters. The summed E-state index contributed by atoms with van der Waals surface area (Å²) in [6.45, 7) is 23.4. The van der Waals surface area contributed by atoms with E-state index in [1.165, 1.54) is 93.9 Å². The second-order valence-corrected chi connectivity index (χ2v) is 15.3. The molecule has 0 aliphatic carbocycles. The normalized spacial score (nSPS) is 17.8. The van der Waals surface area contributed by atoms with E-state index in [1.807, 2.05) is 6.07 Å². The fourth-order valence-electron chi connectivity index (χ4n) is 8.00. The van der Waals surface area contributed by atoms with E-state index in [-0.39, 0.29) is 12.5 Å². The maximum Gasteiger partial charge on any atom is 0.220 e. The van der Waals surface area contributed by atoms with Crippen molar-refractivity contribution in [1.82, 2.24) is 20.4 Å². The van der Waals surface area contributed by atoms with E-state index >= 15 is 0 Å². The predicted octanol–water partition coefficient (Wildman–Crippen LogP) is 11.5. The smallest absolute Gasteiger partial charge is 0.220 e. The first kappa shape index (κ1) is 42.6. The van der Waals surface area contributed by atoms with Gasteiger partial charge in [0.05, 0.1) is 11.4 Å². The molecule has 2 N–H and O–H groups in total. The quantitative estimate of drug-likeness (QED) is 0.141. The van der Waals surface area contributed by atoms with E-state index in [1.54, 1.807) is 0 Å². The summed E-state index contributed by atoms with van der Waals surface area (Å²) >= 11 is 0. The molecule has 0 bridgehead atoms. The van der Waals surface area contributed by atoms with E-state index in [0.29, 0.717) is 36.3 Å². The van der Waals surface area contributed by atoms with Gasteiger partial charge in [0.1, 0.15) is 11.6 Å². The minimum Gasteiger partial charge on any atom is -0.381 e. The van der Waals surface area contributed by atoms with E-state index in [4.69, 9.17) is 0 Å². The third-order valence-corrected chi connectivity index (χ3v) is 11.3. The van der Waals surface area contributed by atoms with Crippen molar-refractivity contribution < 1.29 is 13.6 Å². The lowest BCUT2D eigenvalue weighted by atomic mass is 9.90. The summed E-state index contributed by atoms with van der Waals surface area (Å²) in [5.74, 6) is -0.952. The molecule has 2 saturated heterocycles. The van der Waals surface area contributed by atoms with E-state index in [0.717, 1.165) is 60.0 Å². The Hall–Kier alpha value is -4.13. The van der Waals surface area contributed by atoms with Crippen LogP contribution in [0.25, 0.3) is 0 Å². The number of allylic oxidation sites excluding steroid dienone is 2. The average Bonchev–Trinajstić information content (AvgIpc) is 3.54. The largest absolute Gasteiger partial charge is 0.381 e. The van der Waals surface area contributed by atoms with Crippen molar-refractivity contribution in [2.45, 2.75) is 149 Å². The number of unbranched alkanes of at least 4 members (excludes halogenated alkanes) is 10. The Balaban J connectivity index is 0.000000244. The fourth-order valence-corrected chi connectivity index (χ4v) is 8.00. The first-order valence-electron chi connectivity index (χ1n) is 20.6. The molecule has 3 aliphatic rings. The minimum atomic E-state index is -0.581. The van der Waals surface area contributed by atoms with Crippen LogP contribution in [0.5, 0.6) is 0 Å². The lowest BCUT2D eigenvalue weighted by Crippen LogP contribution is -2.48. The Kier molecular flexibility index (Phi) is 17.1. The number of halogens is 2. The zero-order valence-electron chi connectivity index (χ0n) is 33.7. The maximum absolute atomic E-state index is 13.9. The highest BCUT2D eigenvalue weighted by molar-refractivity contribution is 5.75. The van der Waals surface area contributed by atoms with E-state index in [2.05, 4.69) is 92.3 Å². The highest BCUT2D eigenvalue weighted by Gasteiger charge is 2.40. The molecule has 0 radical (unpaired) electrons. The molecule has 5 nitrogen and oxygen atoms in total. The van der Waals surface area contributed by atoms with E-state index < -0.39 is 11.6 Å². The van der Waals surface area contributed by atoms with Gasteiger partial charge in [-0.2, -0.15) is 0 Å². The second kappa shape index (κ2) is 21.7. The van der Waals surface area contributed by atoms with Crippen molar-refractivity contribution in [3.8, 4) is 0 Å². The molecule has 3 aliphatic heterocycles. The van der Waals surface area contributed by atoms with Crippen LogP contribution >= 0.6 is 0 Å². The number of piperazine rings is 1. The Morgan fingerprint density at radius 1 is 0.833 bits per heavy atom. The van der Waals surface area contributed by atoms with Crippen molar-refractivity contribution in [2.75, 3.05) is 6.54 Å². The van der Waals surface area contributed by atoms with Gasteiger partial charge in [0, 0.05) is 67.2 Å². The number of amides is 1. The molecule has 2 aromatic rings. The lowest BCUT2D eigenvalue weighted by molar-refractivity contribution is -0.121. The monoisotopic (exact) mass is 741 g/mol. The third-order valence-electron chi connectivity index (χ3n) is 11.3. The minimum absolute atomic E-state index is 0.196. The van der Waals surface area contributed by atoms with Gasteiger partial charge >= 0.3 is 0 Å². The molecule has 54 heavy (non-hydrogen) atoms. The van der Waals surface area contributed by atoms with Crippen LogP contribution in [0.1, 0.15) is 134 Å². The van der Waals surface area contributed by atoms with Crippen molar-refractivity contribution in [1.29, 1.82) is 0 Å². The van der Waals surface area contributed by atoms with Gasteiger partial charge < -0.3 is 20.4 Å². The molecule has 1 amide bonds. The summed E-state index contributed by atoms with van der Waals surface area (Å²) in [5.41, 5.74) is 8.71. The molecule has 2 atom stereocenters. The summed E-state index contributed by atoms with van der Waals surface area (Å²) in [7, 11) is 0. The fraction of sp³-hybridized carbons (Fsp3) is 0.511. The standard InChI is InChI=1S/C24H27F2N3.C23H39NO/c1-14-6-9-21-12-28-13-22(15(2)16(3)24(28)18(5)29(14)21)17(4)27-11-19-7-8-20(25)10-23(19)26;1-3-5-6-7-8-9-10-11-12-13-14-19-23(25)24-20-22-18-16-15-17-21(22)4-2/h7-8,10,13-14,21,27H,2,4-6,9,11-12H2,1,3H3;15-18H,3-14,19-20H2,1-2H3,(H,24,25). The molecule has 0 aromatic heterocycles. The van der Waals surface area contributed by atoms with E-state index in [9.17, 15) is 13.6 Å². The van der Waals surface area contributed by atoms with Crippen LogP contribution in [0.4, 0.5) is 8.78 Å². The molecule has 3 heterocycles. The van der Waals surface area contributed by atoms with Gasteiger partial charge in [-0.1, -0.05) is 128 Å². The zero-order chi connectivity index (χ0) is 39.0. The topological polar surface area (TPSA) is 47.6 Å². The van der Waals surface area contributed by atoms with Crippen LogP contribution in [0.2, 0.25) is 0 Å². The first-order chi connectivity index (χ1) is 26.0. The van der Waals surface area contributed by atoms with Crippen LogP contribution in [0.15, 0.2) is 102 Å². The number of hydrogen-bond donors (Lipinski definition) is 2. The van der Waals surface area contributed by atoms with Crippen molar-refractivity contribution >= 4 is 5.91 Å². The van der Waals surface area contributed by atoms with Crippen LogP contribution < -0.4 is 10.6 Å². The number of hydrogen-bond acceptors (Lipinski definition) is 4. The van der Waals surface area contributed by atoms with Crippen LogP contribution in [-0.4, -0.2) is 34.3 Å². The van der Waals surface area contributed by atoms with Gasteiger partial charge in [-0.25, -0.2) is 8.78 Å². The van der Waals surface area contributed by atoms with Gasteiger partial charge in [0.25, 0.3) is 0 Å². The van der Waals surface area contributed by atoms with Gasteiger partial charge in [0.15, 0.2) is 0 Å². The third kappa shape index (κ3) is 11.9. The molecule has 2 aromatic carbocycles. The molecular formula is C47H66F2N4O. The summed E-state index contributed by atoms with van der Waals surface area (Å²) in [5, 5.41) is 6.24. The number of aryl methyl sites for hydroxylation is 1. The molecule has 2 fully saturated rings. The number of nitrogens with one attached hydrogen (secondary N) is 2. The summed E-state index contributed by atoms with van der Waals surface area (Å²) in [4.78, 5) is 16.7. The van der Waals surface area contributed by atoms with Crippen molar-refractivity contribution in [2.24, 2.45) is 0 Å². The number of benzene rings is 2. The Bertz CT molecular complexity index is 1660. The molecule has 7 heteroatoms. The number of nitrogens with zero attached hydrogens (tertiary/aromatic N) is 2. The summed E-state index contributed by atoms with van der Waals surface area (Å²) in [6.07, 6.45) is 20.6. The van der Waals surface area contributed by atoms with Gasteiger partial charge in [-0.15, -0.1) is 0 Å². The van der Waals surface area contributed by atoms with Gasteiger partial charge in [0.2, 0.25) is 5.91 Å². The molecular weight excluding hydrogens is 675 g/mol. The second-order valence-electron chi connectivity index (χ2n) is 15.3. The Morgan fingerprint density at radius 2 is 1.46 bits per heavy atom. The number of carbonyl (C=O) groups is 1. The molecule has 294 valence electrons. The molecule has 0 spiro atoms. The molecule has 5 rings (SSSR count). The Labute approximate surface area is 325 Å². The zero-order valence-corrected chi connectivity index (χ0v) is 33.7. The van der Waals surface area contributed by atoms with Gasteiger partial charge in [-0.05, 0) is 67.9 Å². The van der Waals surface area contributed by atoms with Crippen LogP contribution in [0, 0.1) is 11.6 Å². The van der Waals surface area contributed by atoms with Crippen LogP contribution in [0.3, 0.4) is 0 Å². The molecule has 0 saturated carbocycles. The lowest BCUT2D eigenvalue weighted by Gasteiger charge is -2.46. The number of rotatable bonds is 19. The van der Waals surface area contributed by atoms with Gasteiger partial charge in [-0.3, -0.25) is 4.79 Å². The number of carbonyl (C=O) groups excluding carboxylic acids is 1. The Morgan fingerprint density at radius 3 is 2.11 bits per heavy atom. The van der Waals surface area contributed by atoms with Crippen molar-refractivity contribution in [3.63, 3.8) is 0 Å². The van der Waals surface area contributed by atoms with Crippen LogP contribution in [-0.2, 0) is 24.3 Å². The maximum atomic E-state index is 13.9. The summed E-state index contributed by atoms with van der Waals surface area (Å²) < 4.78 is 27.0.